The predicted octanol–water partition coefficient (Wildman–Crippen LogP) is 1.12. The monoisotopic (exact) mass is 335 g/mol. The maximum absolute atomic E-state index is 13.1. The first kappa shape index (κ1) is 17.6. The van der Waals surface area contributed by atoms with E-state index in [0.717, 1.165) is 11.6 Å². The van der Waals surface area contributed by atoms with Crippen LogP contribution in [0.5, 0.6) is 0 Å². The van der Waals surface area contributed by atoms with Crippen molar-refractivity contribution < 1.29 is 24.1 Å². The molecule has 0 radical (unpaired) electrons. The number of anilines is 1. The highest BCUT2D eigenvalue weighted by atomic mass is 19.1. The van der Waals surface area contributed by atoms with Crippen LogP contribution in [-0.2, 0) is 11.3 Å². The first-order valence-electron chi connectivity index (χ1n) is 7.20. The van der Waals surface area contributed by atoms with Gasteiger partial charge in [-0.3, -0.25) is 0 Å². The van der Waals surface area contributed by atoms with Crippen LogP contribution in [0.4, 0.5) is 14.9 Å². The van der Waals surface area contributed by atoms with Crippen LogP contribution in [0.2, 0.25) is 0 Å². The maximum atomic E-state index is 13.1. The summed E-state index contributed by atoms with van der Waals surface area (Å²) in [7, 11) is 0. The summed E-state index contributed by atoms with van der Waals surface area (Å²) < 4.78 is 18.1. The molecular weight excluding hydrogens is 317 g/mol. The summed E-state index contributed by atoms with van der Waals surface area (Å²) in [6, 6.07) is 11.3. The first-order chi connectivity index (χ1) is 11.5. The molecule has 0 bridgehead atoms. The zero-order chi connectivity index (χ0) is 17.5. The molecular formula is C16H18FN3O4. The van der Waals surface area contributed by atoms with Crippen LogP contribution in [0, 0.1) is 5.95 Å². The van der Waals surface area contributed by atoms with Crippen molar-refractivity contribution in [2.45, 2.75) is 18.8 Å². The van der Waals surface area contributed by atoms with E-state index in [1.165, 1.54) is 6.07 Å². The smallest absolute Gasteiger partial charge is 0.407 e. The molecule has 0 aliphatic rings. The van der Waals surface area contributed by atoms with E-state index in [1.54, 1.807) is 12.1 Å². The van der Waals surface area contributed by atoms with Crippen LogP contribution in [-0.4, -0.2) is 33.9 Å². The van der Waals surface area contributed by atoms with Crippen molar-refractivity contribution in [2.24, 2.45) is 0 Å². The number of nitrogens with two attached hydrogens (primary N) is 1. The average molecular weight is 335 g/mol. The number of nitrogens with zero attached hydrogens (tertiary/aromatic N) is 1. The molecule has 0 spiro atoms. The number of aliphatic hydroxyl groups is 2. The molecule has 0 aliphatic heterocycles. The van der Waals surface area contributed by atoms with Gasteiger partial charge in [-0.1, -0.05) is 30.3 Å². The van der Waals surface area contributed by atoms with Gasteiger partial charge in [0, 0.05) is 6.54 Å². The van der Waals surface area contributed by atoms with Crippen LogP contribution in [0.15, 0.2) is 42.5 Å². The van der Waals surface area contributed by atoms with Gasteiger partial charge in [0.1, 0.15) is 18.8 Å². The number of amides is 1. The molecule has 1 amide bonds. The summed E-state index contributed by atoms with van der Waals surface area (Å²) in [5.74, 6) is -0.833. The van der Waals surface area contributed by atoms with Gasteiger partial charge in [-0.15, -0.1) is 0 Å². The number of alkyl carbamates (subject to hydrolysis) is 1. The third-order valence-corrected chi connectivity index (χ3v) is 3.24. The molecule has 2 rings (SSSR count). The van der Waals surface area contributed by atoms with Crippen molar-refractivity contribution in [1.29, 1.82) is 0 Å². The highest BCUT2D eigenvalue weighted by Crippen LogP contribution is 2.21. The molecule has 7 nitrogen and oxygen atoms in total. The lowest BCUT2D eigenvalue weighted by Gasteiger charge is -2.19. The number of hydrogen-bond donors (Lipinski definition) is 4. The lowest BCUT2D eigenvalue weighted by Crippen LogP contribution is -2.36. The highest BCUT2D eigenvalue weighted by molar-refractivity contribution is 5.67. The van der Waals surface area contributed by atoms with Crippen molar-refractivity contribution in [1.82, 2.24) is 10.3 Å². The Labute approximate surface area is 137 Å². The Morgan fingerprint density at radius 2 is 1.96 bits per heavy atom. The van der Waals surface area contributed by atoms with Gasteiger partial charge in [-0.2, -0.15) is 4.39 Å². The summed E-state index contributed by atoms with van der Waals surface area (Å²) in [6.45, 7) is -0.240. The fourth-order valence-electron chi connectivity index (χ4n) is 1.95. The SMILES string of the molecule is Nc1ccc(F)nc1C(O)C(O)CNC(=O)OCc1ccccc1. The molecule has 0 aliphatic carbocycles. The number of carbonyl (C=O) groups excluding carboxylic acids is 1. The van der Waals surface area contributed by atoms with E-state index < -0.39 is 24.2 Å². The Bertz CT molecular complexity index is 684. The summed E-state index contributed by atoms with van der Waals surface area (Å²) in [5.41, 5.74) is 6.24. The molecule has 0 saturated carbocycles. The number of pyridine rings is 1. The number of aliphatic hydroxyl groups excluding tert-OH is 2. The summed E-state index contributed by atoms with van der Waals surface area (Å²) >= 11 is 0. The van der Waals surface area contributed by atoms with E-state index in [-0.39, 0.29) is 24.5 Å². The summed E-state index contributed by atoms with van der Waals surface area (Å²) in [4.78, 5) is 15.0. The molecule has 2 atom stereocenters. The van der Waals surface area contributed by atoms with Crippen LogP contribution < -0.4 is 11.1 Å². The van der Waals surface area contributed by atoms with Crippen molar-refractivity contribution >= 4 is 11.8 Å². The molecule has 5 N–H and O–H groups in total. The number of nitrogen functional groups attached to an aromatic ring is 1. The van der Waals surface area contributed by atoms with Crippen LogP contribution in [0.1, 0.15) is 17.4 Å². The largest absolute Gasteiger partial charge is 0.445 e. The Morgan fingerprint density at radius 3 is 2.67 bits per heavy atom. The second kappa shape index (κ2) is 8.23. The number of carbonyl (C=O) groups is 1. The standard InChI is InChI=1S/C16H18FN3O4/c17-13-7-6-11(18)14(20-13)15(22)12(21)8-19-16(23)24-9-10-4-2-1-3-5-10/h1-7,12,15,21-22H,8-9,18H2,(H,19,23). The molecule has 0 saturated heterocycles. The van der Waals surface area contributed by atoms with Crippen molar-refractivity contribution in [3.8, 4) is 0 Å². The fourth-order valence-corrected chi connectivity index (χ4v) is 1.95. The van der Waals surface area contributed by atoms with E-state index in [2.05, 4.69) is 10.3 Å². The lowest BCUT2D eigenvalue weighted by atomic mass is 10.1. The van der Waals surface area contributed by atoms with E-state index in [0.29, 0.717) is 0 Å². The van der Waals surface area contributed by atoms with Gasteiger partial charge >= 0.3 is 6.09 Å². The number of benzene rings is 1. The van der Waals surface area contributed by atoms with Gasteiger partial charge in [-0.25, -0.2) is 9.78 Å². The topological polar surface area (TPSA) is 118 Å². The van der Waals surface area contributed by atoms with Crippen LogP contribution in [0.3, 0.4) is 0 Å². The van der Waals surface area contributed by atoms with Gasteiger partial charge in [0.15, 0.2) is 0 Å². The highest BCUT2D eigenvalue weighted by Gasteiger charge is 2.23. The van der Waals surface area contributed by atoms with E-state index in [1.807, 2.05) is 18.2 Å². The number of ether oxygens (including phenoxy) is 1. The van der Waals surface area contributed by atoms with Gasteiger partial charge < -0.3 is 26.0 Å². The number of rotatable bonds is 6. The molecule has 1 heterocycles. The van der Waals surface area contributed by atoms with Gasteiger partial charge in [0.25, 0.3) is 0 Å². The Kier molecular flexibility index (Phi) is 6.05. The lowest BCUT2D eigenvalue weighted by molar-refractivity contribution is 0.0160. The number of hydrogen-bond acceptors (Lipinski definition) is 6. The normalized spacial score (nSPS) is 13.1. The zero-order valence-electron chi connectivity index (χ0n) is 12.7. The summed E-state index contributed by atoms with van der Waals surface area (Å²) in [6.07, 6.45) is -3.73. The van der Waals surface area contributed by atoms with E-state index in [9.17, 15) is 19.4 Å². The molecule has 0 fully saturated rings. The van der Waals surface area contributed by atoms with Gasteiger partial charge in [0.05, 0.1) is 11.4 Å². The Morgan fingerprint density at radius 1 is 1.25 bits per heavy atom. The van der Waals surface area contributed by atoms with E-state index in [4.69, 9.17) is 10.5 Å². The Balaban J connectivity index is 1.82. The third-order valence-electron chi connectivity index (χ3n) is 3.24. The fraction of sp³-hybridized carbons (Fsp3) is 0.250. The quantitative estimate of drug-likeness (QED) is 0.588. The van der Waals surface area contributed by atoms with Crippen molar-refractivity contribution in [3.05, 3.63) is 59.7 Å². The third kappa shape index (κ3) is 4.90. The minimum absolute atomic E-state index is 0.0367. The minimum atomic E-state index is -1.55. The molecule has 24 heavy (non-hydrogen) atoms. The molecule has 1 aromatic heterocycles. The van der Waals surface area contributed by atoms with Crippen molar-refractivity contribution in [2.75, 3.05) is 12.3 Å². The number of aromatic nitrogens is 1. The van der Waals surface area contributed by atoms with E-state index >= 15 is 0 Å². The molecule has 8 heteroatoms. The predicted molar refractivity (Wildman–Crippen MR) is 84.2 cm³/mol. The van der Waals surface area contributed by atoms with Crippen LogP contribution in [0.25, 0.3) is 0 Å². The first-order valence-corrected chi connectivity index (χ1v) is 7.20. The summed E-state index contributed by atoms with van der Waals surface area (Å²) in [5, 5.41) is 22.2. The average Bonchev–Trinajstić information content (AvgIpc) is 2.60. The second-order valence-corrected chi connectivity index (χ2v) is 5.06. The molecule has 1 aromatic carbocycles. The van der Waals surface area contributed by atoms with Crippen LogP contribution >= 0.6 is 0 Å². The van der Waals surface area contributed by atoms with Gasteiger partial charge in [0.2, 0.25) is 5.95 Å². The van der Waals surface area contributed by atoms with Gasteiger partial charge in [-0.05, 0) is 17.7 Å². The molecule has 128 valence electrons. The Hall–Kier alpha value is -2.71. The maximum Gasteiger partial charge on any atom is 0.407 e. The second-order valence-electron chi connectivity index (χ2n) is 5.06. The molecule has 2 unspecified atom stereocenters. The molecule has 2 aromatic rings. The number of halogens is 1. The van der Waals surface area contributed by atoms with Crippen molar-refractivity contribution in [3.63, 3.8) is 0 Å². The zero-order valence-corrected chi connectivity index (χ0v) is 12.7. The number of nitrogens with one attached hydrogen (secondary N) is 1. The minimum Gasteiger partial charge on any atom is -0.445 e.